The van der Waals surface area contributed by atoms with Crippen LogP contribution >= 0.6 is 24.0 Å². The highest BCUT2D eigenvalue weighted by Gasteiger charge is 2.24. The maximum absolute atomic E-state index is 4.88. The zero-order valence-corrected chi connectivity index (χ0v) is 18.4. The molecule has 1 atom stereocenters. The average molecular weight is 451 g/mol. The Labute approximate surface area is 166 Å². The van der Waals surface area contributed by atoms with Crippen LogP contribution in [0.25, 0.3) is 0 Å². The minimum Gasteiger partial charge on any atom is -0.357 e. The quantitative estimate of drug-likeness (QED) is 0.370. The van der Waals surface area contributed by atoms with E-state index in [0.29, 0.717) is 18.1 Å². The molecule has 0 aromatic carbocycles. The highest BCUT2D eigenvalue weighted by Crippen LogP contribution is 2.17. The molecule has 2 rings (SSSR count). The van der Waals surface area contributed by atoms with Crippen molar-refractivity contribution >= 4 is 29.9 Å². The Kier molecular flexibility index (Phi) is 10.5. The number of nitrogens with zero attached hydrogens (tertiary/aromatic N) is 3. The maximum Gasteiger partial charge on any atom is 0.191 e. The predicted octanol–water partition coefficient (Wildman–Crippen LogP) is 2.52. The third-order valence-corrected chi connectivity index (χ3v) is 5.31. The fourth-order valence-corrected chi connectivity index (χ4v) is 3.79. The van der Waals surface area contributed by atoms with Crippen molar-refractivity contribution in [3.05, 3.63) is 0 Å². The zero-order chi connectivity index (χ0) is 16.7. The second kappa shape index (κ2) is 11.5. The van der Waals surface area contributed by atoms with Gasteiger partial charge < -0.3 is 15.5 Å². The fourth-order valence-electron chi connectivity index (χ4n) is 3.79. The first kappa shape index (κ1) is 22.0. The Morgan fingerprint density at radius 2 is 1.83 bits per heavy atom. The van der Waals surface area contributed by atoms with E-state index in [1.54, 1.807) is 0 Å². The molecule has 0 aromatic rings. The zero-order valence-electron chi connectivity index (χ0n) is 16.1. The molecule has 2 heterocycles. The van der Waals surface area contributed by atoms with Gasteiger partial charge in [0.1, 0.15) is 0 Å². The number of rotatable bonds is 6. The van der Waals surface area contributed by atoms with Gasteiger partial charge in [0, 0.05) is 37.8 Å². The van der Waals surface area contributed by atoms with Crippen molar-refractivity contribution in [3.63, 3.8) is 0 Å². The van der Waals surface area contributed by atoms with E-state index in [1.807, 2.05) is 0 Å². The highest BCUT2D eigenvalue weighted by atomic mass is 127. The smallest absolute Gasteiger partial charge is 0.191 e. The molecule has 1 unspecified atom stereocenters. The first-order chi connectivity index (χ1) is 11.1. The van der Waals surface area contributed by atoms with Crippen LogP contribution in [0.5, 0.6) is 0 Å². The predicted molar refractivity (Wildman–Crippen MR) is 115 cm³/mol. The first-order valence-electron chi connectivity index (χ1n) is 9.67. The summed E-state index contributed by atoms with van der Waals surface area (Å²) in [7, 11) is 0. The Balaban J connectivity index is 0.00000288. The van der Waals surface area contributed by atoms with Crippen LogP contribution < -0.4 is 10.6 Å². The molecule has 0 saturated carbocycles. The average Bonchev–Trinajstić information content (AvgIpc) is 3.01. The summed E-state index contributed by atoms with van der Waals surface area (Å²) in [6.45, 7) is 15.6. The molecule has 2 fully saturated rings. The van der Waals surface area contributed by atoms with Crippen molar-refractivity contribution < 1.29 is 0 Å². The summed E-state index contributed by atoms with van der Waals surface area (Å²) in [4.78, 5) is 10.0. The van der Waals surface area contributed by atoms with Crippen LogP contribution in [0.1, 0.15) is 53.4 Å². The monoisotopic (exact) mass is 451 g/mol. The topological polar surface area (TPSA) is 42.9 Å². The van der Waals surface area contributed by atoms with Crippen LogP contribution in [0, 0.1) is 0 Å². The molecule has 2 N–H and O–H groups in total. The van der Waals surface area contributed by atoms with Gasteiger partial charge in [-0.1, -0.05) is 6.92 Å². The molecule has 6 heteroatoms. The van der Waals surface area contributed by atoms with Crippen LogP contribution in [0.3, 0.4) is 0 Å². The second-order valence-corrected chi connectivity index (χ2v) is 7.19. The number of halogens is 1. The van der Waals surface area contributed by atoms with Gasteiger partial charge >= 0.3 is 0 Å². The van der Waals surface area contributed by atoms with Gasteiger partial charge in [0.15, 0.2) is 5.96 Å². The van der Waals surface area contributed by atoms with E-state index in [2.05, 4.69) is 48.1 Å². The van der Waals surface area contributed by atoms with Gasteiger partial charge in [-0.05, 0) is 59.5 Å². The molecule has 2 aliphatic rings. The van der Waals surface area contributed by atoms with Crippen molar-refractivity contribution in [3.8, 4) is 0 Å². The Bertz CT molecular complexity index is 366. The summed E-state index contributed by atoms with van der Waals surface area (Å²) in [5, 5.41) is 7.09. The van der Waals surface area contributed by atoms with Gasteiger partial charge in [-0.2, -0.15) is 0 Å². The van der Waals surface area contributed by atoms with E-state index in [9.17, 15) is 0 Å². The van der Waals surface area contributed by atoms with Crippen LogP contribution in [0.4, 0.5) is 0 Å². The summed E-state index contributed by atoms with van der Waals surface area (Å²) >= 11 is 0. The number of likely N-dealkylation sites (N-methyl/N-ethyl adjacent to an activating group) is 1. The largest absolute Gasteiger partial charge is 0.357 e. The van der Waals surface area contributed by atoms with Gasteiger partial charge in [-0.15, -0.1) is 24.0 Å². The molecular formula is C18H38IN5. The van der Waals surface area contributed by atoms with Crippen molar-refractivity contribution in [1.29, 1.82) is 0 Å². The van der Waals surface area contributed by atoms with Crippen LogP contribution in [-0.2, 0) is 0 Å². The lowest BCUT2D eigenvalue weighted by Crippen LogP contribution is -2.50. The normalized spacial score (nSPS) is 24.2. The standard InChI is InChI=1S/C18H37N5.HI/c1-5-19-18(20-14-17-8-7-11-22(17)6-2)21-16-9-12-23(13-10-16)15(3)4;/h15-17H,5-14H2,1-4H3,(H2,19,20,21);1H. The summed E-state index contributed by atoms with van der Waals surface area (Å²) in [6.07, 6.45) is 5.05. The molecule has 142 valence electrons. The van der Waals surface area contributed by atoms with E-state index < -0.39 is 0 Å². The Morgan fingerprint density at radius 3 is 2.42 bits per heavy atom. The lowest BCUT2D eigenvalue weighted by molar-refractivity contribution is 0.167. The number of aliphatic imine (C=N–C) groups is 1. The summed E-state index contributed by atoms with van der Waals surface area (Å²) in [5.41, 5.74) is 0. The van der Waals surface area contributed by atoms with Gasteiger partial charge in [-0.3, -0.25) is 9.89 Å². The van der Waals surface area contributed by atoms with Crippen LogP contribution in [0.15, 0.2) is 4.99 Å². The number of piperidine rings is 1. The third kappa shape index (κ3) is 6.67. The van der Waals surface area contributed by atoms with E-state index in [1.165, 1.54) is 45.3 Å². The van der Waals surface area contributed by atoms with E-state index in [4.69, 9.17) is 4.99 Å². The number of hydrogen-bond donors (Lipinski definition) is 2. The highest BCUT2D eigenvalue weighted by molar-refractivity contribution is 14.0. The molecule has 0 amide bonds. The molecule has 2 saturated heterocycles. The summed E-state index contributed by atoms with van der Waals surface area (Å²) in [6, 6.07) is 1.87. The molecule has 24 heavy (non-hydrogen) atoms. The van der Waals surface area contributed by atoms with Crippen molar-refractivity contribution in [2.45, 2.75) is 71.5 Å². The molecule has 0 radical (unpaired) electrons. The van der Waals surface area contributed by atoms with Gasteiger partial charge in [-0.25, -0.2) is 0 Å². The molecular weight excluding hydrogens is 413 g/mol. The lowest BCUT2D eigenvalue weighted by atomic mass is 10.0. The minimum absolute atomic E-state index is 0. The second-order valence-electron chi connectivity index (χ2n) is 7.19. The molecule has 0 spiro atoms. The van der Waals surface area contributed by atoms with Crippen molar-refractivity contribution in [1.82, 2.24) is 20.4 Å². The van der Waals surface area contributed by atoms with Crippen molar-refractivity contribution in [2.24, 2.45) is 4.99 Å². The van der Waals surface area contributed by atoms with E-state index in [0.717, 1.165) is 25.6 Å². The summed E-state index contributed by atoms with van der Waals surface area (Å²) in [5.74, 6) is 1.01. The number of guanidine groups is 1. The van der Waals surface area contributed by atoms with Gasteiger partial charge in [0.2, 0.25) is 0 Å². The van der Waals surface area contributed by atoms with Crippen LogP contribution in [-0.4, -0.2) is 73.2 Å². The summed E-state index contributed by atoms with van der Waals surface area (Å²) < 4.78 is 0. The molecule has 0 aromatic heterocycles. The lowest BCUT2D eigenvalue weighted by Gasteiger charge is -2.35. The molecule has 2 aliphatic heterocycles. The SMILES string of the molecule is CCNC(=NCC1CCCN1CC)NC1CCN(C(C)C)CC1.I. The first-order valence-corrected chi connectivity index (χ1v) is 9.67. The minimum atomic E-state index is 0. The molecule has 0 bridgehead atoms. The van der Waals surface area contributed by atoms with E-state index in [-0.39, 0.29) is 24.0 Å². The molecule has 5 nitrogen and oxygen atoms in total. The number of hydrogen-bond acceptors (Lipinski definition) is 3. The number of nitrogens with one attached hydrogen (secondary N) is 2. The Hall–Kier alpha value is -0.0800. The molecule has 0 aliphatic carbocycles. The number of likely N-dealkylation sites (tertiary alicyclic amines) is 2. The van der Waals surface area contributed by atoms with Crippen LogP contribution in [0.2, 0.25) is 0 Å². The third-order valence-electron chi connectivity index (χ3n) is 5.31. The van der Waals surface area contributed by atoms with E-state index >= 15 is 0 Å². The van der Waals surface area contributed by atoms with Gasteiger partial charge in [0.25, 0.3) is 0 Å². The Morgan fingerprint density at radius 1 is 1.12 bits per heavy atom. The fraction of sp³-hybridized carbons (Fsp3) is 0.944. The van der Waals surface area contributed by atoms with Gasteiger partial charge in [0.05, 0.1) is 6.54 Å². The van der Waals surface area contributed by atoms with Crippen molar-refractivity contribution in [2.75, 3.05) is 39.3 Å². The maximum atomic E-state index is 4.88.